The molecule has 0 bridgehead atoms. The van der Waals surface area contributed by atoms with E-state index in [0.29, 0.717) is 18.0 Å². The van der Waals surface area contributed by atoms with Crippen molar-refractivity contribution in [2.45, 2.75) is 12.8 Å². The second-order valence-electron chi connectivity index (χ2n) is 6.00. The van der Waals surface area contributed by atoms with Crippen LogP contribution in [0.4, 0.5) is 11.4 Å². The molecular formula is C15H19ClN2O3S. The molecule has 1 atom stereocenters. The summed E-state index contributed by atoms with van der Waals surface area (Å²) in [6.07, 6.45) is 1.26. The summed E-state index contributed by atoms with van der Waals surface area (Å²) in [6, 6.07) is 5.51. The lowest BCUT2D eigenvalue weighted by atomic mass is 10.1. The van der Waals surface area contributed by atoms with Gasteiger partial charge in [0.2, 0.25) is 5.91 Å². The Balaban J connectivity index is 1.95. The lowest BCUT2D eigenvalue weighted by molar-refractivity contribution is -0.121. The fourth-order valence-electron chi connectivity index (χ4n) is 3.18. The highest BCUT2D eigenvalue weighted by Gasteiger charge is 2.37. The number of benzene rings is 1. The van der Waals surface area contributed by atoms with Crippen LogP contribution in [0.2, 0.25) is 5.02 Å². The number of sulfone groups is 1. The van der Waals surface area contributed by atoms with Gasteiger partial charge in [-0.3, -0.25) is 4.79 Å². The van der Waals surface area contributed by atoms with Crippen molar-refractivity contribution in [3.8, 4) is 0 Å². The van der Waals surface area contributed by atoms with Gasteiger partial charge in [-0.25, -0.2) is 8.42 Å². The topological polar surface area (TPSA) is 57.7 Å². The first-order valence-electron chi connectivity index (χ1n) is 7.40. The maximum absolute atomic E-state index is 12.8. The number of nitrogens with zero attached hydrogens (tertiary/aromatic N) is 2. The summed E-state index contributed by atoms with van der Waals surface area (Å²) in [5.74, 6) is -0.451. The van der Waals surface area contributed by atoms with Gasteiger partial charge in [-0.15, -0.1) is 0 Å². The lowest BCUT2D eigenvalue weighted by Gasteiger charge is -2.26. The van der Waals surface area contributed by atoms with Crippen molar-refractivity contribution >= 4 is 38.7 Å². The van der Waals surface area contributed by atoms with Crippen LogP contribution in [0.25, 0.3) is 0 Å². The number of hydrogen-bond donors (Lipinski definition) is 0. The summed E-state index contributed by atoms with van der Waals surface area (Å²) in [5.41, 5.74) is 1.73. The summed E-state index contributed by atoms with van der Waals surface area (Å²) in [7, 11) is -1.08. The van der Waals surface area contributed by atoms with E-state index in [-0.39, 0.29) is 17.4 Å². The van der Waals surface area contributed by atoms with E-state index < -0.39 is 15.8 Å². The molecule has 7 heteroatoms. The van der Waals surface area contributed by atoms with Crippen LogP contribution >= 0.6 is 11.6 Å². The van der Waals surface area contributed by atoms with E-state index >= 15 is 0 Å². The maximum Gasteiger partial charge on any atom is 0.231 e. The number of anilines is 2. The molecule has 2 heterocycles. The highest BCUT2D eigenvalue weighted by molar-refractivity contribution is 7.91. The predicted molar refractivity (Wildman–Crippen MR) is 88.5 cm³/mol. The molecule has 0 N–H and O–H groups in total. The first-order valence-corrected chi connectivity index (χ1v) is 9.60. The number of hydrogen-bond acceptors (Lipinski definition) is 4. The molecule has 1 saturated heterocycles. The largest absolute Gasteiger partial charge is 0.373 e. The summed E-state index contributed by atoms with van der Waals surface area (Å²) < 4.78 is 23.3. The van der Waals surface area contributed by atoms with Crippen molar-refractivity contribution in [2.24, 2.45) is 5.92 Å². The lowest BCUT2D eigenvalue weighted by Crippen LogP contribution is -2.37. The van der Waals surface area contributed by atoms with Gasteiger partial charge in [0.25, 0.3) is 0 Å². The third kappa shape index (κ3) is 2.94. The Kier molecular flexibility index (Phi) is 4.07. The Morgan fingerprint density at radius 1 is 1.27 bits per heavy atom. The van der Waals surface area contributed by atoms with Gasteiger partial charge in [0.1, 0.15) is 0 Å². The highest BCUT2D eigenvalue weighted by atomic mass is 35.5. The predicted octanol–water partition coefficient (Wildman–Crippen LogP) is 1.95. The second kappa shape index (κ2) is 5.74. The highest BCUT2D eigenvalue weighted by Crippen LogP contribution is 2.35. The van der Waals surface area contributed by atoms with Crippen molar-refractivity contribution in [3.05, 3.63) is 23.2 Å². The van der Waals surface area contributed by atoms with Gasteiger partial charge in [-0.1, -0.05) is 11.6 Å². The van der Waals surface area contributed by atoms with Crippen molar-refractivity contribution in [3.63, 3.8) is 0 Å². The number of rotatable bonds is 1. The Bertz CT molecular complexity index is 705. The van der Waals surface area contributed by atoms with E-state index in [1.54, 1.807) is 11.0 Å². The molecule has 120 valence electrons. The smallest absolute Gasteiger partial charge is 0.231 e. The Hall–Kier alpha value is -1.27. The van der Waals surface area contributed by atoms with Gasteiger partial charge in [0.15, 0.2) is 9.84 Å². The molecule has 3 rings (SSSR count). The summed E-state index contributed by atoms with van der Waals surface area (Å²) >= 11 is 6.10. The van der Waals surface area contributed by atoms with Crippen molar-refractivity contribution in [1.82, 2.24) is 0 Å². The molecule has 1 fully saturated rings. The van der Waals surface area contributed by atoms with Crippen LogP contribution in [0.15, 0.2) is 18.2 Å². The SMILES string of the molecule is CN1CCCN(C(=O)[C@H]2CCS(=O)(=O)C2)c2cc(Cl)ccc21. The average Bonchev–Trinajstić information content (AvgIpc) is 2.74. The molecule has 1 amide bonds. The van der Waals surface area contributed by atoms with Crippen LogP contribution in [-0.4, -0.2) is 46.0 Å². The zero-order valence-corrected chi connectivity index (χ0v) is 14.0. The monoisotopic (exact) mass is 342 g/mol. The molecule has 5 nitrogen and oxygen atoms in total. The number of carbonyl (C=O) groups is 1. The fourth-order valence-corrected chi connectivity index (χ4v) is 5.08. The Morgan fingerprint density at radius 3 is 2.73 bits per heavy atom. The first-order chi connectivity index (χ1) is 10.4. The Morgan fingerprint density at radius 2 is 2.05 bits per heavy atom. The molecule has 0 aromatic heterocycles. The van der Waals surface area contributed by atoms with Gasteiger partial charge in [0, 0.05) is 25.2 Å². The summed E-state index contributed by atoms with van der Waals surface area (Å²) in [5, 5.41) is 0.575. The van der Waals surface area contributed by atoms with E-state index in [2.05, 4.69) is 4.90 Å². The summed E-state index contributed by atoms with van der Waals surface area (Å²) in [6.45, 7) is 1.44. The van der Waals surface area contributed by atoms with E-state index in [9.17, 15) is 13.2 Å². The third-order valence-corrected chi connectivity index (χ3v) is 6.37. The standard InChI is InChI=1S/C15H19ClN2O3S/c1-17-6-2-7-18(14-9-12(16)3-4-13(14)17)15(19)11-5-8-22(20,21)10-11/h3-4,9,11H,2,5-8,10H2,1H3/t11-/m0/s1. The maximum atomic E-state index is 12.8. The van der Waals surface area contributed by atoms with Crippen LogP contribution in [0, 0.1) is 5.92 Å². The van der Waals surface area contributed by atoms with E-state index in [1.807, 2.05) is 19.2 Å². The van der Waals surface area contributed by atoms with Crippen molar-refractivity contribution in [2.75, 3.05) is 41.4 Å². The van der Waals surface area contributed by atoms with Gasteiger partial charge >= 0.3 is 0 Å². The van der Waals surface area contributed by atoms with Crippen molar-refractivity contribution < 1.29 is 13.2 Å². The van der Waals surface area contributed by atoms with Crippen LogP contribution in [0.1, 0.15) is 12.8 Å². The van der Waals surface area contributed by atoms with Gasteiger partial charge in [0.05, 0.1) is 28.8 Å². The van der Waals surface area contributed by atoms with E-state index in [1.165, 1.54) is 0 Å². The minimum absolute atomic E-state index is 0.0337. The molecule has 2 aliphatic rings. The van der Waals surface area contributed by atoms with Crippen LogP contribution in [0.5, 0.6) is 0 Å². The minimum atomic E-state index is -3.07. The third-order valence-electron chi connectivity index (χ3n) is 4.36. The molecule has 0 saturated carbocycles. The van der Waals surface area contributed by atoms with Gasteiger partial charge < -0.3 is 9.80 Å². The number of carbonyl (C=O) groups excluding carboxylic acids is 1. The van der Waals surface area contributed by atoms with E-state index in [4.69, 9.17) is 11.6 Å². The van der Waals surface area contributed by atoms with Gasteiger partial charge in [-0.05, 0) is 31.0 Å². The zero-order valence-electron chi connectivity index (χ0n) is 12.5. The fraction of sp³-hybridized carbons (Fsp3) is 0.533. The molecule has 0 aliphatic carbocycles. The van der Waals surface area contributed by atoms with Gasteiger partial charge in [-0.2, -0.15) is 0 Å². The molecular weight excluding hydrogens is 324 g/mol. The normalized spacial score (nSPS) is 24.0. The number of fused-ring (bicyclic) bond motifs is 1. The number of amides is 1. The number of halogens is 1. The average molecular weight is 343 g/mol. The second-order valence-corrected chi connectivity index (χ2v) is 8.66. The van der Waals surface area contributed by atoms with E-state index in [0.717, 1.165) is 24.3 Å². The van der Waals surface area contributed by atoms with Crippen LogP contribution in [-0.2, 0) is 14.6 Å². The quantitative estimate of drug-likeness (QED) is 0.782. The van der Waals surface area contributed by atoms with Crippen LogP contribution in [0.3, 0.4) is 0 Å². The minimum Gasteiger partial charge on any atom is -0.373 e. The summed E-state index contributed by atoms with van der Waals surface area (Å²) in [4.78, 5) is 16.6. The molecule has 22 heavy (non-hydrogen) atoms. The van der Waals surface area contributed by atoms with Crippen molar-refractivity contribution in [1.29, 1.82) is 0 Å². The first kappa shape index (κ1) is 15.6. The molecule has 1 aromatic carbocycles. The Labute approximate surface area is 135 Å². The zero-order chi connectivity index (χ0) is 15.9. The molecule has 0 spiro atoms. The molecule has 0 unspecified atom stereocenters. The molecule has 0 radical (unpaired) electrons. The molecule has 1 aromatic rings. The molecule has 2 aliphatic heterocycles. The van der Waals surface area contributed by atoms with Crippen LogP contribution < -0.4 is 9.80 Å².